The molecule has 0 unspecified atom stereocenters. The number of hydrogen-bond acceptors (Lipinski definition) is 5. The molecular formula is C18H22FNO5S. The van der Waals surface area contributed by atoms with Crippen LogP contribution in [0.25, 0.3) is 0 Å². The highest BCUT2D eigenvalue weighted by Crippen LogP contribution is 2.29. The van der Waals surface area contributed by atoms with Crippen molar-refractivity contribution in [2.24, 2.45) is 0 Å². The lowest BCUT2D eigenvalue weighted by Crippen LogP contribution is -2.48. The fourth-order valence-corrected chi connectivity index (χ4v) is 5.49. The van der Waals surface area contributed by atoms with Crippen LogP contribution in [0, 0.1) is 5.82 Å². The van der Waals surface area contributed by atoms with Crippen molar-refractivity contribution in [3.05, 3.63) is 35.6 Å². The van der Waals surface area contributed by atoms with Crippen LogP contribution in [0.3, 0.4) is 0 Å². The third-order valence-corrected chi connectivity index (χ3v) is 6.75. The molecule has 142 valence electrons. The average Bonchev–Trinajstić information content (AvgIpc) is 3.23. The number of carbonyl (C=O) groups excluding carboxylic acids is 2. The van der Waals surface area contributed by atoms with Gasteiger partial charge in [-0.05, 0) is 37.5 Å². The molecular weight excluding hydrogens is 361 g/mol. The zero-order valence-corrected chi connectivity index (χ0v) is 15.2. The van der Waals surface area contributed by atoms with Crippen molar-refractivity contribution in [3.8, 4) is 0 Å². The van der Waals surface area contributed by atoms with Crippen molar-refractivity contribution in [1.82, 2.24) is 4.90 Å². The predicted molar refractivity (Wildman–Crippen MR) is 92.8 cm³/mol. The van der Waals surface area contributed by atoms with E-state index in [0.29, 0.717) is 6.42 Å². The summed E-state index contributed by atoms with van der Waals surface area (Å²) in [6.45, 7) is -0.470. The molecule has 8 heteroatoms. The Labute approximate surface area is 152 Å². The molecule has 0 bridgehead atoms. The summed E-state index contributed by atoms with van der Waals surface area (Å²) in [4.78, 5) is 26.3. The third-order valence-electron chi connectivity index (χ3n) is 4.99. The van der Waals surface area contributed by atoms with Crippen LogP contribution >= 0.6 is 0 Å². The van der Waals surface area contributed by atoms with Crippen LogP contribution in [0.5, 0.6) is 0 Å². The number of amides is 1. The molecule has 3 rings (SSSR count). The fraction of sp³-hybridized carbons (Fsp3) is 0.556. The van der Waals surface area contributed by atoms with Crippen molar-refractivity contribution in [3.63, 3.8) is 0 Å². The Kier molecular flexibility index (Phi) is 5.60. The molecule has 1 aliphatic heterocycles. The van der Waals surface area contributed by atoms with Crippen molar-refractivity contribution in [1.29, 1.82) is 0 Å². The maximum atomic E-state index is 13.2. The number of halogens is 1. The third kappa shape index (κ3) is 4.41. The lowest BCUT2D eigenvalue weighted by molar-refractivity contribution is -0.139. The molecule has 6 nitrogen and oxygen atoms in total. The van der Waals surface area contributed by atoms with E-state index < -0.39 is 28.2 Å². The summed E-state index contributed by atoms with van der Waals surface area (Å²) in [6.07, 6.45) is 4.08. The normalized spacial score (nSPS) is 22.3. The number of ether oxygens (including phenoxy) is 1. The van der Waals surface area contributed by atoms with Crippen LogP contribution in [-0.2, 0) is 19.4 Å². The smallest absolute Gasteiger partial charge is 0.338 e. The molecule has 1 saturated carbocycles. The number of nitrogens with zero attached hydrogens (tertiary/aromatic N) is 1. The number of benzene rings is 1. The van der Waals surface area contributed by atoms with Gasteiger partial charge in [-0.25, -0.2) is 17.6 Å². The van der Waals surface area contributed by atoms with Gasteiger partial charge >= 0.3 is 5.97 Å². The zero-order valence-electron chi connectivity index (χ0n) is 14.4. The SMILES string of the molecule is O=C(OCC(=O)N(C1CCCC1)[C@@H]1CCS(=O)(=O)C1)c1cccc(F)c1. The second-order valence-electron chi connectivity index (χ2n) is 6.88. The van der Waals surface area contributed by atoms with E-state index in [9.17, 15) is 22.4 Å². The number of hydrogen-bond donors (Lipinski definition) is 0. The maximum Gasteiger partial charge on any atom is 0.338 e. The quantitative estimate of drug-likeness (QED) is 0.726. The molecule has 2 aliphatic rings. The topological polar surface area (TPSA) is 80.8 Å². The summed E-state index contributed by atoms with van der Waals surface area (Å²) in [6, 6.07) is 4.70. The van der Waals surface area contributed by atoms with Crippen molar-refractivity contribution in [2.45, 2.75) is 44.2 Å². The van der Waals surface area contributed by atoms with Gasteiger partial charge in [0.15, 0.2) is 16.4 Å². The minimum Gasteiger partial charge on any atom is -0.452 e. The second-order valence-corrected chi connectivity index (χ2v) is 9.11. The number of sulfone groups is 1. The first-order chi connectivity index (χ1) is 12.4. The molecule has 2 fully saturated rings. The summed E-state index contributed by atoms with van der Waals surface area (Å²) in [7, 11) is -3.13. The van der Waals surface area contributed by atoms with Crippen LogP contribution in [0.15, 0.2) is 24.3 Å². The molecule has 0 radical (unpaired) electrons. The zero-order chi connectivity index (χ0) is 18.7. The fourth-order valence-electron chi connectivity index (χ4n) is 3.78. The largest absolute Gasteiger partial charge is 0.452 e. The summed E-state index contributed by atoms with van der Waals surface area (Å²) >= 11 is 0. The number of rotatable bonds is 5. The minimum absolute atomic E-state index is 0.00586. The molecule has 0 spiro atoms. The first-order valence-corrected chi connectivity index (χ1v) is 10.6. The van der Waals surface area contributed by atoms with Crippen LogP contribution in [0.2, 0.25) is 0 Å². The highest BCUT2D eigenvalue weighted by molar-refractivity contribution is 7.91. The summed E-state index contributed by atoms with van der Waals surface area (Å²) in [5, 5.41) is 0. The molecule has 1 atom stereocenters. The minimum atomic E-state index is -3.13. The van der Waals surface area contributed by atoms with Gasteiger partial charge in [-0.15, -0.1) is 0 Å². The van der Waals surface area contributed by atoms with Crippen LogP contribution in [-0.4, -0.2) is 55.4 Å². The van der Waals surface area contributed by atoms with E-state index in [2.05, 4.69) is 0 Å². The summed E-state index contributed by atoms with van der Waals surface area (Å²) in [5.74, 6) is -1.67. The van der Waals surface area contributed by atoms with Gasteiger partial charge in [0.2, 0.25) is 0 Å². The van der Waals surface area contributed by atoms with Gasteiger partial charge in [0, 0.05) is 12.1 Å². The van der Waals surface area contributed by atoms with Gasteiger partial charge in [0.05, 0.1) is 17.1 Å². The van der Waals surface area contributed by atoms with Gasteiger partial charge in [0.25, 0.3) is 5.91 Å². The van der Waals surface area contributed by atoms with Crippen molar-refractivity contribution in [2.75, 3.05) is 18.1 Å². The molecule has 1 amide bonds. The Hall–Kier alpha value is -1.96. The first-order valence-electron chi connectivity index (χ1n) is 8.80. The van der Waals surface area contributed by atoms with E-state index in [0.717, 1.165) is 31.7 Å². The molecule has 0 aromatic heterocycles. The lowest BCUT2D eigenvalue weighted by atomic mass is 10.1. The van der Waals surface area contributed by atoms with Gasteiger partial charge in [-0.1, -0.05) is 18.9 Å². The Balaban J connectivity index is 1.66. The van der Waals surface area contributed by atoms with Gasteiger partial charge < -0.3 is 9.64 Å². The highest BCUT2D eigenvalue weighted by Gasteiger charge is 2.39. The van der Waals surface area contributed by atoms with Gasteiger partial charge in [-0.3, -0.25) is 4.79 Å². The molecule has 1 aliphatic carbocycles. The Morgan fingerprint density at radius 2 is 1.88 bits per heavy atom. The molecule has 1 heterocycles. The van der Waals surface area contributed by atoms with E-state index in [1.54, 1.807) is 4.90 Å². The summed E-state index contributed by atoms with van der Waals surface area (Å²) < 4.78 is 41.9. The molecule has 26 heavy (non-hydrogen) atoms. The molecule has 0 N–H and O–H groups in total. The monoisotopic (exact) mass is 383 g/mol. The first kappa shape index (κ1) is 18.8. The van der Waals surface area contributed by atoms with E-state index in [-0.39, 0.29) is 35.1 Å². The average molecular weight is 383 g/mol. The van der Waals surface area contributed by atoms with Gasteiger partial charge in [-0.2, -0.15) is 0 Å². The molecule has 1 aromatic carbocycles. The number of esters is 1. The lowest BCUT2D eigenvalue weighted by Gasteiger charge is -2.33. The standard InChI is InChI=1S/C18H22FNO5S/c19-14-5-3-4-13(10-14)18(22)25-11-17(21)20(15-6-1-2-7-15)16-8-9-26(23,24)12-16/h3-5,10,15-16H,1-2,6-9,11-12H2/t16-/m1/s1. The van der Waals surface area contributed by atoms with Crippen molar-refractivity contribution < 1.29 is 27.1 Å². The van der Waals surface area contributed by atoms with E-state index in [4.69, 9.17) is 4.74 Å². The Bertz CT molecular complexity index is 789. The molecule has 1 saturated heterocycles. The summed E-state index contributed by atoms with van der Waals surface area (Å²) in [5.41, 5.74) is 0.0358. The predicted octanol–water partition coefficient (Wildman–Crippen LogP) is 1.94. The maximum absolute atomic E-state index is 13.2. The number of carbonyl (C=O) groups is 2. The Morgan fingerprint density at radius 3 is 2.50 bits per heavy atom. The van der Waals surface area contributed by atoms with Crippen LogP contribution < -0.4 is 0 Å². The van der Waals surface area contributed by atoms with Crippen LogP contribution in [0.1, 0.15) is 42.5 Å². The van der Waals surface area contributed by atoms with Crippen LogP contribution in [0.4, 0.5) is 4.39 Å². The highest BCUT2D eigenvalue weighted by atomic mass is 32.2. The van der Waals surface area contributed by atoms with E-state index in [1.807, 2.05) is 0 Å². The van der Waals surface area contributed by atoms with Crippen molar-refractivity contribution >= 4 is 21.7 Å². The molecule has 1 aromatic rings. The van der Waals surface area contributed by atoms with Gasteiger partial charge in [0.1, 0.15) is 5.82 Å². The van der Waals surface area contributed by atoms with E-state index >= 15 is 0 Å². The Morgan fingerprint density at radius 1 is 1.15 bits per heavy atom. The van der Waals surface area contributed by atoms with E-state index in [1.165, 1.54) is 18.2 Å². The second kappa shape index (κ2) is 7.73.